The van der Waals surface area contributed by atoms with Gasteiger partial charge in [-0.2, -0.15) is 0 Å². The van der Waals surface area contributed by atoms with Crippen LogP contribution in [-0.4, -0.2) is 39.2 Å². The summed E-state index contributed by atoms with van der Waals surface area (Å²) in [4.78, 5) is 27.8. The number of aryl methyl sites for hydroxylation is 2. The van der Waals surface area contributed by atoms with Crippen molar-refractivity contribution in [3.8, 4) is 17.2 Å². The normalized spacial score (nSPS) is 16.5. The number of ether oxygens (including phenoxy) is 2. The number of phenolic OH excluding ortho intramolecular Hbond substituents is 1. The highest BCUT2D eigenvalue weighted by molar-refractivity contribution is 7.15. The van der Waals surface area contributed by atoms with E-state index in [1.54, 1.807) is 37.3 Å². The lowest BCUT2D eigenvalue weighted by Gasteiger charge is -2.23. The first kappa shape index (κ1) is 25.9. The Hall–Kier alpha value is -4.70. The first-order valence-electron chi connectivity index (χ1n) is 12.0. The molecule has 2 heterocycles. The van der Waals surface area contributed by atoms with Crippen LogP contribution >= 0.6 is 11.3 Å². The second kappa shape index (κ2) is 10.6. The minimum Gasteiger partial charge on any atom is -0.507 e. The number of amides is 1. The highest BCUT2D eigenvalue weighted by Gasteiger charge is 2.48. The molecular formula is C29H25N3O6S. The summed E-state index contributed by atoms with van der Waals surface area (Å²) >= 11 is 1.15. The molecule has 1 fully saturated rings. The van der Waals surface area contributed by atoms with Gasteiger partial charge in [0.2, 0.25) is 5.13 Å². The Morgan fingerprint density at radius 1 is 1.03 bits per heavy atom. The topological polar surface area (TPSA) is 122 Å². The van der Waals surface area contributed by atoms with Crippen molar-refractivity contribution in [2.24, 2.45) is 0 Å². The van der Waals surface area contributed by atoms with Gasteiger partial charge < -0.3 is 19.7 Å². The molecule has 0 bridgehead atoms. The predicted molar refractivity (Wildman–Crippen MR) is 146 cm³/mol. The summed E-state index contributed by atoms with van der Waals surface area (Å²) in [6.45, 7) is 4.13. The van der Waals surface area contributed by atoms with Crippen LogP contribution in [0.4, 0.5) is 5.13 Å². The molecule has 0 radical (unpaired) electrons. The summed E-state index contributed by atoms with van der Waals surface area (Å²) in [7, 11) is 1.40. The second-order valence-electron chi connectivity index (χ2n) is 8.94. The number of carbonyl (C=O) groups is 2. The minimum absolute atomic E-state index is 0.105. The molecular weight excluding hydrogens is 518 g/mol. The van der Waals surface area contributed by atoms with E-state index in [1.807, 2.05) is 31.2 Å². The number of ketones is 1. The van der Waals surface area contributed by atoms with Crippen LogP contribution in [0.15, 0.2) is 72.3 Å². The molecule has 1 atom stereocenters. The molecule has 5 rings (SSSR count). The van der Waals surface area contributed by atoms with Gasteiger partial charge in [-0.3, -0.25) is 14.5 Å². The van der Waals surface area contributed by atoms with E-state index in [0.29, 0.717) is 28.5 Å². The second-order valence-corrected chi connectivity index (χ2v) is 10.1. The average Bonchev–Trinajstić information content (AvgIpc) is 3.48. The minimum atomic E-state index is -1.02. The maximum Gasteiger partial charge on any atom is 0.301 e. The third-order valence-electron chi connectivity index (χ3n) is 6.47. The number of methoxy groups -OCH3 is 1. The number of aromatic nitrogens is 2. The number of hydrogen-bond donors (Lipinski definition) is 2. The zero-order chi connectivity index (χ0) is 27.7. The van der Waals surface area contributed by atoms with E-state index in [1.165, 1.54) is 24.1 Å². The van der Waals surface area contributed by atoms with E-state index in [2.05, 4.69) is 10.2 Å². The molecule has 1 unspecified atom stereocenters. The highest BCUT2D eigenvalue weighted by atomic mass is 32.1. The fourth-order valence-corrected chi connectivity index (χ4v) is 5.10. The van der Waals surface area contributed by atoms with Gasteiger partial charge in [-0.15, -0.1) is 10.2 Å². The number of aromatic hydroxyl groups is 1. The average molecular weight is 544 g/mol. The van der Waals surface area contributed by atoms with Gasteiger partial charge in [0, 0.05) is 5.56 Å². The molecule has 39 heavy (non-hydrogen) atoms. The van der Waals surface area contributed by atoms with E-state index in [9.17, 15) is 19.8 Å². The Morgan fingerprint density at radius 2 is 1.77 bits per heavy atom. The lowest BCUT2D eigenvalue weighted by molar-refractivity contribution is -0.132. The summed E-state index contributed by atoms with van der Waals surface area (Å²) < 4.78 is 11.1. The van der Waals surface area contributed by atoms with Crippen LogP contribution in [0.25, 0.3) is 5.76 Å². The van der Waals surface area contributed by atoms with Crippen LogP contribution in [0.2, 0.25) is 0 Å². The molecule has 4 aromatic rings. The van der Waals surface area contributed by atoms with Crippen molar-refractivity contribution < 1.29 is 29.3 Å². The maximum absolute atomic E-state index is 13.3. The maximum atomic E-state index is 13.3. The fourth-order valence-electron chi connectivity index (χ4n) is 4.39. The number of aliphatic hydroxyl groups excluding tert-OH is 1. The Balaban J connectivity index is 1.53. The standard InChI is InChI=1S/C29H25N3O6S/c1-16-6-4-5-7-20(16)15-38-21-11-8-18(9-12-21)26(34)24-25(19-10-13-22(33)23(14-19)37-3)32(28(36)27(24)35)29-31-30-17(2)39-29/h4-14,25,33-34H,15H2,1-3H3/b26-24+. The van der Waals surface area contributed by atoms with Crippen LogP contribution in [0.5, 0.6) is 17.2 Å². The van der Waals surface area contributed by atoms with Crippen LogP contribution < -0.4 is 14.4 Å². The van der Waals surface area contributed by atoms with Crippen molar-refractivity contribution in [3.05, 3.63) is 99.6 Å². The van der Waals surface area contributed by atoms with E-state index in [4.69, 9.17) is 9.47 Å². The van der Waals surface area contributed by atoms with Gasteiger partial charge in [0.15, 0.2) is 11.5 Å². The molecule has 1 aliphatic rings. The molecule has 3 aromatic carbocycles. The Kier molecular flexibility index (Phi) is 7.03. The molecule has 1 aromatic heterocycles. The number of nitrogens with zero attached hydrogens (tertiary/aromatic N) is 3. The summed E-state index contributed by atoms with van der Waals surface area (Å²) in [6, 6.07) is 18.0. The summed E-state index contributed by atoms with van der Waals surface area (Å²) in [5, 5.41) is 30.3. The fraction of sp³-hybridized carbons (Fsp3) is 0.172. The molecule has 10 heteroatoms. The molecule has 1 aliphatic heterocycles. The van der Waals surface area contributed by atoms with Gasteiger partial charge in [-0.1, -0.05) is 41.7 Å². The van der Waals surface area contributed by atoms with Crippen molar-refractivity contribution in [1.82, 2.24) is 10.2 Å². The number of carbonyl (C=O) groups excluding carboxylic acids is 2. The van der Waals surface area contributed by atoms with Gasteiger partial charge in [-0.25, -0.2) is 0 Å². The van der Waals surface area contributed by atoms with Crippen LogP contribution in [0.3, 0.4) is 0 Å². The van der Waals surface area contributed by atoms with Crippen LogP contribution in [0.1, 0.15) is 33.3 Å². The third kappa shape index (κ3) is 4.94. The highest BCUT2D eigenvalue weighted by Crippen LogP contribution is 2.44. The first-order chi connectivity index (χ1) is 18.8. The van der Waals surface area contributed by atoms with Crippen molar-refractivity contribution in [3.63, 3.8) is 0 Å². The van der Waals surface area contributed by atoms with Gasteiger partial charge in [0.1, 0.15) is 23.1 Å². The molecule has 2 N–H and O–H groups in total. The lowest BCUT2D eigenvalue weighted by atomic mass is 9.95. The SMILES string of the molecule is COc1cc(C2/C(=C(\O)c3ccc(OCc4ccccc4C)cc3)C(=O)C(=O)N2c2nnc(C)s2)ccc1O. The summed E-state index contributed by atoms with van der Waals surface area (Å²) in [6.07, 6.45) is 0. The molecule has 9 nitrogen and oxygen atoms in total. The molecule has 198 valence electrons. The number of anilines is 1. The lowest BCUT2D eigenvalue weighted by Crippen LogP contribution is -2.29. The van der Waals surface area contributed by atoms with E-state index < -0.39 is 17.7 Å². The van der Waals surface area contributed by atoms with Crippen molar-refractivity contribution in [2.45, 2.75) is 26.5 Å². The number of Topliss-reactive ketones (excluding diaryl/α,β-unsaturated/α-hetero) is 1. The van der Waals surface area contributed by atoms with Gasteiger partial charge in [-0.05, 0) is 66.9 Å². The Labute approximate surface area is 228 Å². The van der Waals surface area contributed by atoms with Crippen LogP contribution in [-0.2, 0) is 16.2 Å². The molecule has 1 amide bonds. The van der Waals surface area contributed by atoms with E-state index >= 15 is 0 Å². The van der Waals surface area contributed by atoms with Gasteiger partial charge in [0.05, 0.1) is 18.7 Å². The largest absolute Gasteiger partial charge is 0.507 e. The zero-order valence-electron chi connectivity index (χ0n) is 21.4. The third-order valence-corrected chi connectivity index (χ3v) is 7.31. The number of phenols is 1. The number of benzene rings is 3. The Morgan fingerprint density at radius 3 is 2.44 bits per heavy atom. The molecule has 0 spiro atoms. The molecule has 1 saturated heterocycles. The van der Waals surface area contributed by atoms with E-state index in [-0.39, 0.29) is 28.0 Å². The van der Waals surface area contributed by atoms with E-state index in [0.717, 1.165) is 22.5 Å². The van der Waals surface area contributed by atoms with Crippen LogP contribution in [0, 0.1) is 13.8 Å². The summed E-state index contributed by atoms with van der Waals surface area (Å²) in [5.74, 6) is -1.42. The molecule has 0 aliphatic carbocycles. The number of rotatable bonds is 7. The van der Waals surface area contributed by atoms with Crippen molar-refractivity contribution in [1.29, 1.82) is 0 Å². The zero-order valence-corrected chi connectivity index (χ0v) is 22.2. The van der Waals surface area contributed by atoms with Gasteiger partial charge in [0.25, 0.3) is 5.78 Å². The van der Waals surface area contributed by atoms with Gasteiger partial charge >= 0.3 is 5.91 Å². The van der Waals surface area contributed by atoms with Crippen molar-refractivity contribution in [2.75, 3.05) is 12.0 Å². The first-order valence-corrected chi connectivity index (χ1v) is 12.9. The number of aliphatic hydroxyl groups is 1. The van der Waals surface area contributed by atoms with Crippen molar-refractivity contribution >= 4 is 33.9 Å². The Bertz CT molecular complexity index is 1590. The predicted octanol–water partition coefficient (Wildman–Crippen LogP) is 5.07. The number of hydrogen-bond acceptors (Lipinski definition) is 9. The smallest absolute Gasteiger partial charge is 0.301 e. The summed E-state index contributed by atoms with van der Waals surface area (Å²) in [5.41, 5.74) is 2.83. The monoisotopic (exact) mass is 543 g/mol. The molecule has 0 saturated carbocycles. The quantitative estimate of drug-likeness (QED) is 0.188.